The monoisotopic (exact) mass is 482 g/mol. The zero-order valence-corrected chi connectivity index (χ0v) is 19.5. The van der Waals surface area contributed by atoms with Crippen LogP contribution >= 0.6 is 0 Å². The number of esters is 1. The number of aromatic nitrogens is 2. The van der Waals surface area contributed by atoms with E-state index in [-0.39, 0.29) is 35.9 Å². The van der Waals surface area contributed by atoms with Crippen molar-refractivity contribution in [3.63, 3.8) is 0 Å². The number of carbonyl (C=O) groups is 1. The summed E-state index contributed by atoms with van der Waals surface area (Å²) in [4.78, 5) is 21.3. The maximum atomic E-state index is 13.2. The average molecular weight is 483 g/mol. The number of para-hydroxylation sites is 1. The molecule has 9 nitrogen and oxygen atoms in total. The Kier molecular flexibility index (Phi) is 7.94. The molecule has 35 heavy (non-hydrogen) atoms. The van der Waals surface area contributed by atoms with E-state index >= 15 is 0 Å². The molecule has 0 bridgehead atoms. The normalized spacial score (nSPS) is 13.7. The van der Waals surface area contributed by atoms with E-state index in [4.69, 9.17) is 18.9 Å². The highest BCUT2D eigenvalue weighted by atomic mass is 19.1. The third-order valence-corrected chi connectivity index (χ3v) is 5.28. The molecule has 1 fully saturated rings. The summed E-state index contributed by atoms with van der Waals surface area (Å²) in [6.45, 7) is 3.22. The van der Waals surface area contributed by atoms with Crippen molar-refractivity contribution in [1.29, 1.82) is 0 Å². The zero-order chi connectivity index (χ0) is 24.6. The van der Waals surface area contributed by atoms with Crippen LogP contribution in [0.4, 0.5) is 27.5 Å². The minimum absolute atomic E-state index is 0.0218. The summed E-state index contributed by atoms with van der Waals surface area (Å²) in [5.74, 6) is 0.537. The van der Waals surface area contributed by atoms with Gasteiger partial charge in [-0.25, -0.2) is 14.2 Å². The summed E-state index contributed by atoms with van der Waals surface area (Å²) < 4.78 is 35.6. The lowest BCUT2D eigenvalue weighted by molar-refractivity contribution is 0.0246. The van der Waals surface area contributed by atoms with Crippen molar-refractivity contribution in [3.8, 4) is 11.5 Å². The fourth-order valence-electron chi connectivity index (χ4n) is 3.58. The van der Waals surface area contributed by atoms with Gasteiger partial charge in [0, 0.05) is 24.7 Å². The lowest BCUT2D eigenvalue weighted by Crippen LogP contribution is -2.26. The molecule has 1 aliphatic heterocycles. The van der Waals surface area contributed by atoms with Crippen LogP contribution in [-0.4, -0.2) is 49.0 Å². The highest BCUT2D eigenvalue weighted by Crippen LogP contribution is 2.38. The number of anilines is 4. The third-order valence-electron chi connectivity index (χ3n) is 5.28. The SMILES string of the molecule is CCOC(=O)c1cnc(Nc2ccc(F)cc2)nc1Nc1cccc(OC2CCOCC2)c1OC. The van der Waals surface area contributed by atoms with Crippen LogP contribution in [0.5, 0.6) is 11.5 Å². The van der Waals surface area contributed by atoms with Crippen molar-refractivity contribution in [3.05, 3.63) is 60.0 Å². The summed E-state index contributed by atoms with van der Waals surface area (Å²) in [5, 5.41) is 6.16. The first-order chi connectivity index (χ1) is 17.1. The molecular formula is C25H27FN4O5. The van der Waals surface area contributed by atoms with Gasteiger partial charge in [0.25, 0.3) is 0 Å². The maximum Gasteiger partial charge on any atom is 0.343 e. The first kappa shape index (κ1) is 24.2. The molecule has 2 aromatic carbocycles. The van der Waals surface area contributed by atoms with Gasteiger partial charge in [0.2, 0.25) is 5.95 Å². The second-order valence-corrected chi connectivity index (χ2v) is 7.70. The number of halogens is 1. The van der Waals surface area contributed by atoms with Crippen LogP contribution in [0.2, 0.25) is 0 Å². The quantitative estimate of drug-likeness (QED) is 0.414. The number of methoxy groups -OCH3 is 1. The molecule has 2 heterocycles. The van der Waals surface area contributed by atoms with Crippen LogP contribution in [0.25, 0.3) is 0 Å². The van der Waals surface area contributed by atoms with Crippen molar-refractivity contribution < 1.29 is 28.1 Å². The maximum absolute atomic E-state index is 13.2. The number of ether oxygens (including phenoxy) is 4. The molecule has 0 spiro atoms. The van der Waals surface area contributed by atoms with Gasteiger partial charge >= 0.3 is 5.97 Å². The van der Waals surface area contributed by atoms with Crippen LogP contribution in [0.15, 0.2) is 48.7 Å². The molecule has 0 aliphatic carbocycles. The van der Waals surface area contributed by atoms with Gasteiger partial charge in [-0.3, -0.25) is 0 Å². The number of nitrogens with zero attached hydrogens (tertiary/aromatic N) is 2. The Hall–Kier alpha value is -3.92. The van der Waals surface area contributed by atoms with E-state index in [0.29, 0.717) is 36.1 Å². The topological polar surface area (TPSA) is 104 Å². The number of rotatable bonds is 9. The predicted molar refractivity (Wildman–Crippen MR) is 128 cm³/mol. The van der Waals surface area contributed by atoms with Gasteiger partial charge in [0.05, 0.1) is 32.6 Å². The lowest BCUT2D eigenvalue weighted by atomic mass is 10.1. The summed E-state index contributed by atoms with van der Waals surface area (Å²) in [7, 11) is 1.55. The van der Waals surface area contributed by atoms with E-state index in [1.54, 1.807) is 32.2 Å². The van der Waals surface area contributed by atoms with Crippen molar-refractivity contribution in [2.45, 2.75) is 25.9 Å². The largest absolute Gasteiger partial charge is 0.491 e. The lowest BCUT2D eigenvalue weighted by Gasteiger charge is -2.25. The van der Waals surface area contributed by atoms with Crippen LogP contribution in [0.3, 0.4) is 0 Å². The molecular weight excluding hydrogens is 455 g/mol. The summed E-state index contributed by atoms with van der Waals surface area (Å²) in [5.41, 5.74) is 1.29. The van der Waals surface area contributed by atoms with Gasteiger partial charge in [0.15, 0.2) is 17.3 Å². The molecule has 1 aliphatic rings. The molecule has 3 aromatic rings. The average Bonchev–Trinajstić information content (AvgIpc) is 2.87. The molecule has 4 rings (SSSR count). The van der Waals surface area contributed by atoms with Crippen LogP contribution < -0.4 is 20.1 Å². The highest BCUT2D eigenvalue weighted by Gasteiger charge is 2.21. The minimum Gasteiger partial charge on any atom is -0.491 e. The first-order valence-corrected chi connectivity index (χ1v) is 11.3. The molecule has 0 amide bonds. The van der Waals surface area contributed by atoms with Gasteiger partial charge < -0.3 is 29.6 Å². The van der Waals surface area contributed by atoms with E-state index in [1.807, 2.05) is 12.1 Å². The summed E-state index contributed by atoms with van der Waals surface area (Å²) in [6, 6.07) is 11.2. The highest BCUT2D eigenvalue weighted by molar-refractivity contribution is 5.95. The van der Waals surface area contributed by atoms with Crippen LogP contribution in [0.1, 0.15) is 30.1 Å². The van der Waals surface area contributed by atoms with Gasteiger partial charge in [-0.05, 0) is 43.3 Å². The summed E-state index contributed by atoms with van der Waals surface area (Å²) in [6.07, 6.45) is 2.97. The molecule has 1 aromatic heterocycles. The van der Waals surface area contributed by atoms with Crippen molar-refractivity contribution in [2.75, 3.05) is 37.6 Å². The fourth-order valence-corrected chi connectivity index (χ4v) is 3.58. The molecule has 184 valence electrons. The molecule has 10 heteroatoms. The Labute approximate surface area is 202 Å². The van der Waals surface area contributed by atoms with Crippen molar-refractivity contribution >= 4 is 29.1 Å². The second kappa shape index (κ2) is 11.5. The predicted octanol–water partition coefficient (Wildman–Crippen LogP) is 4.85. The fraction of sp³-hybridized carbons (Fsp3) is 0.320. The van der Waals surface area contributed by atoms with E-state index in [2.05, 4.69) is 20.6 Å². The van der Waals surface area contributed by atoms with E-state index in [1.165, 1.54) is 18.3 Å². The molecule has 0 unspecified atom stereocenters. The minimum atomic E-state index is -0.572. The molecule has 1 saturated heterocycles. The Morgan fingerprint density at radius 3 is 2.63 bits per heavy atom. The third kappa shape index (κ3) is 6.15. The van der Waals surface area contributed by atoms with E-state index in [9.17, 15) is 9.18 Å². The Morgan fingerprint density at radius 1 is 1.14 bits per heavy atom. The van der Waals surface area contributed by atoms with E-state index < -0.39 is 5.97 Å². The second-order valence-electron chi connectivity index (χ2n) is 7.70. The Bertz CT molecular complexity index is 1150. The van der Waals surface area contributed by atoms with Crippen molar-refractivity contribution in [2.24, 2.45) is 0 Å². The van der Waals surface area contributed by atoms with Gasteiger partial charge in [-0.1, -0.05) is 6.07 Å². The van der Waals surface area contributed by atoms with Gasteiger partial charge in [-0.15, -0.1) is 0 Å². The van der Waals surface area contributed by atoms with Gasteiger partial charge in [-0.2, -0.15) is 4.98 Å². The van der Waals surface area contributed by atoms with Crippen LogP contribution in [0, 0.1) is 5.82 Å². The molecule has 0 radical (unpaired) electrons. The zero-order valence-electron chi connectivity index (χ0n) is 19.5. The number of benzene rings is 2. The van der Waals surface area contributed by atoms with Gasteiger partial charge in [0.1, 0.15) is 17.5 Å². The molecule has 2 N–H and O–H groups in total. The number of nitrogens with one attached hydrogen (secondary N) is 2. The standard InChI is InChI=1S/C25H27FN4O5/c1-3-34-24(31)19-15-27-25(28-17-9-7-16(26)8-10-17)30-23(19)29-20-5-4-6-21(22(20)32-2)35-18-11-13-33-14-12-18/h4-10,15,18H,3,11-14H2,1-2H3,(H2,27,28,29,30). The number of carbonyl (C=O) groups excluding carboxylic acids is 1. The molecule has 0 atom stereocenters. The smallest absolute Gasteiger partial charge is 0.343 e. The van der Waals surface area contributed by atoms with E-state index in [0.717, 1.165) is 12.8 Å². The Morgan fingerprint density at radius 2 is 1.91 bits per heavy atom. The summed E-state index contributed by atoms with van der Waals surface area (Å²) >= 11 is 0. The number of hydrogen-bond donors (Lipinski definition) is 2. The van der Waals surface area contributed by atoms with Crippen LogP contribution in [-0.2, 0) is 9.47 Å². The first-order valence-electron chi connectivity index (χ1n) is 11.3. The van der Waals surface area contributed by atoms with Crippen molar-refractivity contribution in [1.82, 2.24) is 9.97 Å². The Balaban J connectivity index is 1.64. The number of hydrogen-bond acceptors (Lipinski definition) is 9. The molecule has 0 saturated carbocycles.